The highest BCUT2D eigenvalue weighted by atomic mass is 32.1. The van der Waals surface area contributed by atoms with E-state index in [1.54, 1.807) is 42.6 Å². The summed E-state index contributed by atoms with van der Waals surface area (Å²) in [6.07, 6.45) is 1.61. The number of rotatable bonds is 7. The fourth-order valence-corrected chi connectivity index (χ4v) is 2.92. The molecule has 0 radical (unpaired) electrons. The number of nitrogens with one attached hydrogen (secondary N) is 1. The number of nitrogens with zero attached hydrogens (tertiary/aromatic N) is 3. The molecule has 9 nitrogen and oxygen atoms in total. The van der Waals surface area contributed by atoms with Gasteiger partial charge in [-0.25, -0.2) is 9.89 Å². The van der Waals surface area contributed by atoms with Gasteiger partial charge in [-0.2, -0.15) is 14.9 Å². The summed E-state index contributed by atoms with van der Waals surface area (Å²) in [4.78, 5) is 11.6. The molecule has 0 fully saturated rings. The van der Waals surface area contributed by atoms with Crippen LogP contribution in [0.3, 0.4) is 0 Å². The number of hydrogen-bond donors (Lipinski definition) is 1. The van der Waals surface area contributed by atoms with E-state index in [-0.39, 0.29) is 0 Å². The molecule has 0 saturated carbocycles. The summed E-state index contributed by atoms with van der Waals surface area (Å²) in [5.41, 5.74) is 1.88. The van der Waals surface area contributed by atoms with E-state index in [2.05, 4.69) is 15.3 Å². The Bertz CT molecular complexity index is 1110. The van der Waals surface area contributed by atoms with Crippen molar-refractivity contribution in [2.75, 3.05) is 28.4 Å². The molecular weight excluding hydrogens is 408 g/mol. The van der Waals surface area contributed by atoms with Gasteiger partial charge in [-0.15, -0.1) is 0 Å². The van der Waals surface area contributed by atoms with E-state index >= 15 is 0 Å². The van der Waals surface area contributed by atoms with Gasteiger partial charge in [0, 0.05) is 5.56 Å². The highest BCUT2D eigenvalue weighted by molar-refractivity contribution is 7.71. The van der Waals surface area contributed by atoms with Crippen molar-refractivity contribution in [3.05, 3.63) is 52.3 Å². The summed E-state index contributed by atoms with van der Waals surface area (Å²) in [6, 6.07) is 10.3. The van der Waals surface area contributed by atoms with Gasteiger partial charge in [-0.05, 0) is 42.0 Å². The molecule has 0 unspecified atom stereocenters. The first-order valence-electron chi connectivity index (χ1n) is 8.73. The molecule has 1 aromatic heterocycles. The normalized spacial score (nSPS) is 10.8. The summed E-state index contributed by atoms with van der Waals surface area (Å²) < 4.78 is 22.6. The predicted molar refractivity (Wildman–Crippen MR) is 113 cm³/mol. The first-order chi connectivity index (χ1) is 14.5. The predicted octanol–water partition coefficient (Wildman–Crippen LogP) is 3.30. The minimum Gasteiger partial charge on any atom is -0.493 e. The number of aromatic amines is 1. The zero-order valence-electron chi connectivity index (χ0n) is 16.8. The Labute approximate surface area is 177 Å². The fourth-order valence-electron chi connectivity index (χ4n) is 2.74. The number of esters is 1. The van der Waals surface area contributed by atoms with E-state index < -0.39 is 5.97 Å². The molecule has 0 aliphatic heterocycles. The number of methoxy groups -OCH3 is 4. The number of carbonyl (C=O) groups is 1. The lowest BCUT2D eigenvalue weighted by atomic mass is 10.1. The molecule has 0 amide bonds. The summed E-state index contributed by atoms with van der Waals surface area (Å²) in [7, 11) is 5.94. The number of carbonyl (C=O) groups excluding carboxylic acids is 1. The SMILES string of the molecule is COC(=O)c1ccc(C=Nn2c(-c3cc(OC)c(OC)c(OC)c3)n[nH]c2=S)cc1. The van der Waals surface area contributed by atoms with Gasteiger partial charge >= 0.3 is 5.97 Å². The standard InChI is InChI=1S/C20H20N4O5S/c1-26-15-9-14(10-16(27-2)17(15)28-3)18-22-23-20(30)24(18)21-11-12-5-7-13(8-6-12)19(25)29-4/h5-11H,1-4H3,(H,23,30). The number of ether oxygens (including phenoxy) is 4. The third-order valence-corrected chi connectivity index (χ3v) is 4.49. The first kappa shape index (κ1) is 21.1. The van der Waals surface area contributed by atoms with Crippen LogP contribution in [0.2, 0.25) is 0 Å². The Kier molecular flexibility index (Phi) is 6.48. The zero-order valence-corrected chi connectivity index (χ0v) is 17.6. The largest absolute Gasteiger partial charge is 0.493 e. The average Bonchev–Trinajstić information content (AvgIpc) is 3.16. The van der Waals surface area contributed by atoms with Crippen LogP contribution in [0.15, 0.2) is 41.5 Å². The van der Waals surface area contributed by atoms with Gasteiger partial charge in [0.25, 0.3) is 0 Å². The van der Waals surface area contributed by atoms with E-state index in [4.69, 9.17) is 31.2 Å². The molecular formula is C20H20N4O5S. The maximum atomic E-state index is 11.6. The second kappa shape index (κ2) is 9.23. The van der Waals surface area contributed by atoms with Crippen molar-refractivity contribution < 1.29 is 23.7 Å². The van der Waals surface area contributed by atoms with Crippen LogP contribution in [0.4, 0.5) is 0 Å². The van der Waals surface area contributed by atoms with Crippen LogP contribution < -0.4 is 14.2 Å². The maximum Gasteiger partial charge on any atom is 0.337 e. The van der Waals surface area contributed by atoms with Crippen LogP contribution in [0.25, 0.3) is 11.4 Å². The minimum absolute atomic E-state index is 0.307. The zero-order chi connectivity index (χ0) is 21.7. The highest BCUT2D eigenvalue weighted by Gasteiger charge is 2.17. The molecule has 0 aliphatic rings. The van der Waals surface area contributed by atoms with Crippen molar-refractivity contribution in [1.29, 1.82) is 0 Å². The lowest BCUT2D eigenvalue weighted by Crippen LogP contribution is -2.01. The average molecular weight is 428 g/mol. The highest BCUT2D eigenvalue weighted by Crippen LogP contribution is 2.40. The van der Waals surface area contributed by atoms with Gasteiger partial charge in [0.1, 0.15) is 0 Å². The van der Waals surface area contributed by atoms with Crippen molar-refractivity contribution >= 4 is 24.4 Å². The third kappa shape index (κ3) is 4.18. The van der Waals surface area contributed by atoms with Crippen molar-refractivity contribution in [3.8, 4) is 28.6 Å². The molecule has 3 aromatic rings. The topological polar surface area (TPSA) is 100.0 Å². The van der Waals surface area contributed by atoms with Crippen LogP contribution in [-0.4, -0.2) is 55.5 Å². The van der Waals surface area contributed by atoms with Crippen LogP contribution in [0, 0.1) is 4.77 Å². The van der Waals surface area contributed by atoms with E-state index in [1.165, 1.54) is 33.1 Å². The van der Waals surface area contributed by atoms with Gasteiger partial charge in [-0.3, -0.25) is 0 Å². The number of benzene rings is 2. The van der Waals surface area contributed by atoms with Crippen LogP contribution in [0.1, 0.15) is 15.9 Å². The Morgan fingerprint density at radius 1 is 1.07 bits per heavy atom. The van der Waals surface area contributed by atoms with Crippen molar-refractivity contribution in [2.45, 2.75) is 0 Å². The van der Waals surface area contributed by atoms with E-state index in [0.717, 1.165) is 5.56 Å². The van der Waals surface area contributed by atoms with Crippen molar-refractivity contribution in [3.63, 3.8) is 0 Å². The molecule has 10 heteroatoms. The first-order valence-corrected chi connectivity index (χ1v) is 9.13. The van der Waals surface area contributed by atoms with Gasteiger partial charge in [0.2, 0.25) is 10.5 Å². The third-order valence-electron chi connectivity index (χ3n) is 4.23. The minimum atomic E-state index is -0.403. The summed E-state index contributed by atoms with van der Waals surface area (Å²) in [5.74, 6) is 1.49. The quantitative estimate of drug-likeness (QED) is 0.350. The molecule has 30 heavy (non-hydrogen) atoms. The summed E-state index contributed by atoms with van der Waals surface area (Å²) in [6.45, 7) is 0. The fraction of sp³-hybridized carbons (Fsp3) is 0.200. The molecule has 2 aromatic carbocycles. The number of hydrogen-bond acceptors (Lipinski definition) is 8. The van der Waals surface area contributed by atoms with Crippen LogP contribution in [0.5, 0.6) is 17.2 Å². The van der Waals surface area contributed by atoms with Gasteiger partial charge in [0.15, 0.2) is 17.3 Å². The molecule has 3 rings (SSSR count). The van der Waals surface area contributed by atoms with Gasteiger partial charge in [-0.1, -0.05) is 12.1 Å². The second-order valence-corrected chi connectivity index (χ2v) is 6.32. The lowest BCUT2D eigenvalue weighted by molar-refractivity contribution is 0.0600. The van der Waals surface area contributed by atoms with Gasteiger partial charge < -0.3 is 18.9 Å². The van der Waals surface area contributed by atoms with E-state index in [9.17, 15) is 4.79 Å². The van der Waals surface area contributed by atoms with Crippen LogP contribution in [-0.2, 0) is 4.74 Å². The smallest absolute Gasteiger partial charge is 0.337 e. The summed E-state index contributed by atoms with van der Waals surface area (Å²) in [5, 5.41) is 11.4. The van der Waals surface area contributed by atoms with Gasteiger partial charge in [0.05, 0.1) is 40.2 Å². The Morgan fingerprint density at radius 3 is 2.23 bits per heavy atom. The van der Waals surface area contributed by atoms with Crippen LogP contribution >= 0.6 is 12.2 Å². The molecule has 0 aliphatic carbocycles. The Hall–Kier alpha value is -3.66. The molecule has 0 atom stereocenters. The Morgan fingerprint density at radius 2 is 1.70 bits per heavy atom. The molecule has 0 spiro atoms. The number of aromatic nitrogens is 3. The van der Waals surface area contributed by atoms with E-state index in [1.807, 2.05) is 0 Å². The monoisotopic (exact) mass is 428 g/mol. The molecule has 156 valence electrons. The molecule has 0 bridgehead atoms. The molecule has 1 N–H and O–H groups in total. The second-order valence-electron chi connectivity index (χ2n) is 5.94. The maximum absolute atomic E-state index is 11.6. The molecule has 0 saturated heterocycles. The van der Waals surface area contributed by atoms with Crippen molar-refractivity contribution in [2.24, 2.45) is 5.10 Å². The Balaban J connectivity index is 1.99. The van der Waals surface area contributed by atoms with Crippen molar-refractivity contribution in [1.82, 2.24) is 14.9 Å². The van der Waals surface area contributed by atoms with E-state index in [0.29, 0.717) is 39.0 Å². The molecule has 1 heterocycles. The summed E-state index contributed by atoms with van der Waals surface area (Å²) >= 11 is 5.31. The lowest BCUT2D eigenvalue weighted by Gasteiger charge is -2.13. The number of H-pyrrole nitrogens is 1.